The molecule has 7 heteroatoms. The maximum atomic E-state index is 12.5. The van der Waals surface area contributed by atoms with Gasteiger partial charge in [0.05, 0.1) is 14.2 Å². The number of carbonyl (C=O) groups is 1. The molecule has 0 N–H and O–H groups in total. The molecule has 1 amide bonds. The third kappa shape index (κ3) is 7.38. The van der Waals surface area contributed by atoms with Crippen LogP contribution in [0.15, 0.2) is 48.5 Å². The van der Waals surface area contributed by atoms with Crippen molar-refractivity contribution in [2.24, 2.45) is 0 Å². The van der Waals surface area contributed by atoms with Gasteiger partial charge in [-0.05, 0) is 42.2 Å². The summed E-state index contributed by atoms with van der Waals surface area (Å²) in [6.07, 6.45) is 2.31. The number of rotatable bonds is 8. The Bertz CT molecular complexity index is 766. The standard InChI is InChI=1S/C23H30N2O3.2ClH/c1-27-21-9-10-22(28-2)20(18-21)12-13-24-14-16-25(17-15-24)23(26)11-8-19-6-4-3-5-7-19;;/h3-7,9-10,18H,8,11-17H2,1-2H3;2*1H. The number of aryl methyl sites for hydroxylation is 1. The smallest absolute Gasteiger partial charge is 0.222 e. The van der Waals surface area contributed by atoms with Crippen molar-refractivity contribution < 1.29 is 14.3 Å². The Morgan fingerprint density at radius 1 is 0.900 bits per heavy atom. The summed E-state index contributed by atoms with van der Waals surface area (Å²) in [5.41, 5.74) is 2.38. The molecule has 1 saturated heterocycles. The molecule has 0 bridgehead atoms. The molecule has 3 rings (SSSR count). The van der Waals surface area contributed by atoms with Gasteiger partial charge in [-0.15, -0.1) is 24.8 Å². The zero-order valence-corrected chi connectivity index (χ0v) is 19.3. The Balaban J connectivity index is 0.00000225. The van der Waals surface area contributed by atoms with E-state index in [1.165, 1.54) is 5.56 Å². The second-order valence-electron chi connectivity index (χ2n) is 7.14. The van der Waals surface area contributed by atoms with Crippen LogP contribution in [-0.4, -0.2) is 62.7 Å². The van der Waals surface area contributed by atoms with Crippen LogP contribution in [0.25, 0.3) is 0 Å². The largest absolute Gasteiger partial charge is 0.497 e. The number of hydrogen-bond donors (Lipinski definition) is 0. The van der Waals surface area contributed by atoms with Crippen LogP contribution in [0.1, 0.15) is 17.5 Å². The van der Waals surface area contributed by atoms with Crippen LogP contribution < -0.4 is 9.47 Å². The van der Waals surface area contributed by atoms with Gasteiger partial charge in [0.2, 0.25) is 5.91 Å². The number of methoxy groups -OCH3 is 2. The molecule has 1 heterocycles. The first-order valence-corrected chi connectivity index (χ1v) is 9.94. The maximum Gasteiger partial charge on any atom is 0.222 e. The first-order valence-electron chi connectivity index (χ1n) is 9.94. The number of piperazine rings is 1. The lowest BCUT2D eigenvalue weighted by molar-refractivity contribution is -0.132. The quantitative estimate of drug-likeness (QED) is 0.606. The lowest BCUT2D eigenvalue weighted by Crippen LogP contribution is -2.49. The van der Waals surface area contributed by atoms with Gasteiger partial charge in [0.15, 0.2) is 0 Å². The normalized spacial score (nSPS) is 13.7. The average Bonchev–Trinajstić information content (AvgIpc) is 2.76. The van der Waals surface area contributed by atoms with E-state index < -0.39 is 0 Å². The van der Waals surface area contributed by atoms with E-state index in [1.54, 1.807) is 14.2 Å². The molecular formula is C23H32Cl2N2O3. The van der Waals surface area contributed by atoms with E-state index in [4.69, 9.17) is 9.47 Å². The van der Waals surface area contributed by atoms with Crippen molar-refractivity contribution in [3.63, 3.8) is 0 Å². The van der Waals surface area contributed by atoms with Gasteiger partial charge < -0.3 is 14.4 Å². The topological polar surface area (TPSA) is 42.0 Å². The molecule has 0 aromatic heterocycles. The summed E-state index contributed by atoms with van der Waals surface area (Å²) < 4.78 is 10.8. The molecule has 0 unspecified atom stereocenters. The van der Waals surface area contributed by atoms with Crippen molar-refractivity contribution in [2.75, 3.05) is 46.9 Å². The molecule has 0 saturated carbocycles. The highest BCUT2D eigenvalue weighted by Gasteiger charge is 2.21. The van der Waals surface area contributed by atoms with Crippen LogP contribution in [0.3, 0.4) is 0 Å². The summed E-state index contributed by atoms with van der Waals surface area (Å²) in [6, 6.07) is 16.1. The van der Waals surface area contributed by atoms with Crippen molar-refractivity contribution in [1.82, 2.24) is 9.80 Å². The molecule has 1 aliphatic heterocycles. The number of nitrogens with zero attached hydrogens (tertiary/aromatic N) is 2. The molecule has 0 aliphatic carbocycles. The SMILES string of the molecule is COc1ccc(OC)c(CCN2CCN(C(=O)CCc3ccccc3)CC2)c1.Cl.Cl. The highest BCUT2D eigenvalue weighted by atomic mass is 35.5. The van der Waals surface area contributed by atoms with Gasteiger partial charge in [-0.25, -0.2) is 0 Å². The summed E-state index contributed by atoms with van der Waals surface area (Å²) in [5, 5.41) is 0. The van der Waals surface area contributed by atoms with E-state index in [-0.39, 0.29) is 30.7 Å². The van der Waals surface area contributed by atoms with E-state index in [1.807, 2.05) is 41.3 Å². The Morgan fingerprint density at radius 3 is 2.23 bits per heavy atom. The second-order valence-corrected chi connectivity index (χ2v) is 7.14. The van der Waals surface area contributed by atoms with Gasteiger partial charge in [-0.2, -0.15) is 0 Å². The van der Waals surface area contributed by atoms with Gasteiger partial charge in [0.25, 0.3) is 0 Å². The highest BCUT2D eigenvalue weighted by Crippen LogP contribution is 2.24. The van der Waals surface area contributed by atoms with Crippen LogP contribution in [0.4, 0.5) is 0 Å². The van der Waals surface area contributed by atoms with Crippen LogP contribution in [-0.2, 0) is 17.6 Å². The fraction of sp³-hybridized carbons (Fsp3) is 0.435. The first kappa shape index (κ1) is 26.1. The summed E-state index contributed by atoms with van der Waals surface area (Å²) in [7, 11) is 3.38. The number of benzene rings is 2. The number of halogens is 2. The first-order chi connectivity index (χ1) is 13.7. The molecule has 1 fully saturated rings. The molecule has 2 aromatic rings. The minimum atomic E-state index is 0. The molecule has 166 valence electrons. The molecular weight excluding hydrogens is 423 g/mol. The molecule has 2 aromatic carbocycles. The maximum absolute atomic E-state index is 12.5. The van der Waals surface area contributed by atoms with E-state index in [0.29, 0.717) is 6.42 Å². The Hall–Kier alpha value is -1.95. The molecule has 0 radical (unpaired) electrons. The summed E-state index contributed by atoms with van der Waals surface area (Å²) in [6.45, 7) is 4.41. The van der Waals surface area contributed by atoms with Crippen LogP contribution in [0.2, 0.25) is 0 Å². The lowest BCUT2D eigenvalue weighted by Gasteiger charge is -2.35. The molecule has 5 nitrogen and oxygen atoms in total. The minimum Gasteiger partial charge on any atom is -0.497 e. The summed E-state index contributed by atoms with van der Waals surface area (Å²) in [4.78, 5) is 16.9. The summed E-state index contributed by atoms with van der Waals surface area (Å²) >= 11 is 0. The van der Waals surface area contributed by atoms with E-state index in [9.17, 15) is 4.79 Å². The zero-order chi connectivity index (χ0) is 19.8. The van der Waals surface area contributed by atoms with E-state index in [0.717, 1.165) is 62.6 Å². The lowest BCUT2D eigenvalue weighted by atomic mass is 10.1. The van der Waals surface area contributed by atoms with Gasteiger partial charge >= 0.3 is 0 Å². The Labute approximate surface area is 192 Å². The molecule has 30 heavy (non-hydrogen) atoms. The predicted octanol–water partition coefficient (Wildman–Crippen LogP) is 3.87. The van der Waals surface area contributed by atoms with Gasteiger partial charge in [-0.3, -0.25) is 9.69 Å². The van der Waals surface area contributed by atoms with E-state index in [2.05, 4.69) is 17.0 Å². The number of amides is 1. The van der Waals surface area contributed by atoms with Crippen LogP contribution >= 0.6 is 24.8 Å². The van der Waals surface area contributed by atoms with Crippen LogP contribution in [0.5, 0.6) is 11.5 Å². The number of ether oxygens (including phenoxy) is 2. The van der Waals surface area contributed by atoms with Crippen molar-refractivity contribution in [2.45, 2.75) is 19.3 Å². The zero-order valence-electron chi connectivity index (χ0n) is 17.7. The highest BCUT2D eigenvalue weighted by molar-refractivity contribution is 5.85. The fourth-order valence-electron chi connectivity index (χ4n) is 3.63. The summed E-state index contributed by atoms with van der Waals surface area (Å²) in [5.74, 6) is 2.01. The fourth-order valence-corrected chi connectivity index (χ4v) is 3.63. The van der Waals surface area contributed by atoms with Crippen molar-refractivity contribution in [1.29, 1.82) is 0 Å². The minimum absolute atomic E-state index is 0. The Morgan fingerprint density at radius 2 is 1.60 bits per heavy atom. The van der Waals surface area contributed by atoms with Gasteiger partial charge in [0.1, 0.15) is 11.5 Å². The number of carbonyl (C=O) groups excluding carboxylic acids is 1. The third-order valence-electron chi connectivity index (χ3n) is 5.38. The van der Waals surface area contributed by atoms with Crippen molar-refractivity contribution in [3.8, 4) is 11.5 Å². The predicted molar refractivity (Wildman–Crippen MR) is 126 cm³/mol. The molecule has 0 spiro atoms. The average molecular weight is 455 g/mol. The van der Waals surface area contributed by atoms with E-state index >= 15 is 0 Å². The van der Waals surface area contributed by atoms with Crippen LogP contribution in [0, 0.1) is 0 Å². The molecule has 1 aliphatic rings. The van der Waals surface area contributed by atoms with Crippen molar-refractivity contribution in [3.05, 3.63) is 59.7 Å². The second kappa shape index (κ2) is 13.4. The van der Waals surface area contributed by atoms with Crippen molar-refractivity contribution >= 4 is 30.7 Å². The molecule has 0 atom stereocenters. The Kier molecular flexibility index (Phi) is 11.6. The van der Waals surface area contributed by atoms with Gasteiger partial charge in [0, 0.05) is 39.1 Å². The third-order valence-corrected chi connectivity index (χ3v) is 5.38. The number of hydrogen-bond acceptors (Lipinski definition) is 4. The monoisotopic (exact) mass is 454 g/mol. The van der Waals surface area contributed by atoms with Gasteiger partial charge in [-0.1, -0.05) is 30.3 Å².